The largest absolute Gasteiger partial charge is 0.497 e. The molecule has 3 N–H and O–H groups in total. The van der Waals surface area contributed by atoms with Crippen LogP contribution in [0.5, 0.6) is 5.75 Å². The van der Waals surface area contributed by atoms with Gasteiger partial charge >= 0.3 is 6.03 Å². The zero-order valence-electron chi connectivity index (χ0n) is 20.9. The van der Waals surface area contributed by atoms with Gasteiger partial charge in [0, 0.05) is 37.1 Å². The molecule has 0 bridgehead atoms. The van der Waals surface area contributed by atoms with E-state index in [0.717, 1.165) is 60.6 Å². The number of nitrogens with one attached hydrogen (secondary N) is 3. The minimum atomic E-state index is -0.186. The molecular weight excluding hydrogens is 452 g/mol. The standard InChI is InChI=1S/C29H34N4O3/c1-21-7-11-23(12-8-21)31-29(35)32-24-16-19-33(20-17-24)27-6-4-3-5-26(27)28(34)30-18-15-22-9-13-25(36-2)14-10-22/h3-14,24H,15-20H2,1-2H3,(H,30,34)(H2,31,32,35). The molecule has 0 aromatic heterocycles. The van der Waals surface area contributed by atoms with Gasteiger partial charge in [-0.1, -0.05) is 42.0 Å². The van der Waals surface area contributed by atoms with E-state index >= 15 is 0 Å². The first-order valence-electron chi connectivity index (χ1n) is 12.4. The van der Waals surface area contributed by atoms with Gasteiger partial charge < -0.3 is 25.6 Å². The first-order chi connectivity index (χ1) is 17.5. The van der Waals surface area contributed by atoms with Crippen LogP contribution in [0.15, 0.2) is 72.8 Å². The number of urea groups is 1. The van der Waals surface area contributed by atoms with Crippen molar-refractivity contribution in [3.8, 4) is 5.75 Å². The number of rotatable bonds is 8. The van der Waals surface area contributed by atoms with Gasteiger partial charge in [-0.15, -0.1) is 0 Å². The predicted molar refractivity (Wildman–Crippen MR) is 144 cm³/mol. The van der Waals surface area contributed by atoms with Gasteiger partial charge in [0.05, 0.1) is 12.7 Å². The Hall–Kier alpha value is -4.00. The van der Waals surface area contributed by atoms with E-state index in [4.69, 9.17) is 4.74 Å². The molecule has 3 aromatic rings. The summed E-state index contributed by atoms with van der Waals surface area (Å²) in [5.74, 6) is 0.749. The zero-order valence-corrected chi connectivity index (χ0v) is 20.9. The molecule has 0 radical (unpaired) electrons. The molecule has 0 aliphatic carbocycles. The second-order valence-electron chi connectivity index (χ2n) is 9.10. The number of carbonyl (C=O) groups excluding carboxylic acids is 2. The Morgan fingerprint density at radius 1 is 0.944 bits per heavy atom. The smallest absolute Gasteiger partial charge is 0.319 e. The molecule has 0 unspecified atom stereocenters. The molecule has 0 spiro atoms. The van der Waals surface area contributed by atoms with Gasteiger partial charge in [-0.25, -0.2) is 4.79 Å². The van der Waals surface area contributed by atoms with E-state index < -0.39 is 0 Å². The van der Waals surface area contributed by atoms with Crippen molar-refractivity contribution in [1.82, 2.24) is 10.6 Å². The van der Waals surface area contributed by atoms with Gasteiger partial charge in [0.25, 0.3) is 5.91 Å². The fourth-order valence-corrected chi connectivity index (χ4v) is 4.40. The lowest BCUT2D eigenvalue weighted by Crippen LogP contribution is -2.46. The van der Waals surface area contributed by atoms with Crippen LogP contribution in [0.2, 0.25) is 0 Å². The molecule has 3 amide bonds. The van der Waals surface area contributed by atoms with E-state index in [0.29, 0.717) is 12.1 Å². The lowest BCUT2D eigenvalue weighted by atomic mass is 10.0. The molecule has 36 heavy (non-hydrogen) atoms. The van der Waals surface area contributed by atoms with E-state index in [2.05, 4.69) is 20.9 Å². The van der Waals surface area contributed by atoms with Crippen LogP contribution in [0.4, 0.5) is 16.2 Å². The number of benzene rings is 3. The van der Waals surface area contributed by atoms with E-state index in [9.17, 15) is 9.59 Å². The van der Waals surface area contributed by atoms with Crippen LogP contribution in [0.1, 0.15) is 34.3 Å². The van der Waals surface area contributed by atoms with Crippen molar-refractivity contribution in [1.29, 1.82) is 0 Å². The van der Waals surface area contributed by atoms with E-state index in [1.54, 1.807) is 7.11 Å². The van der Waals surface area contributed by atoms with Crippen LogP contribution in [0.25, 0.3) is 0 Å². The highest BCUT2D eigenvalue weighted by Crippen LogP contribution is 2.24. The summed E-state index contributed by atoms with van der Waals surface area (Å²) in [6.45, 7) is 4.11. The van der Waals surface area contributed by atoms with Crippen LogP contribution in [0, 0.1) is 6.92 Å². The fourth-order valence-electron chi connectivity index (χ4n) is 4.40. The number of nitrogens with zero attached hydrogens (tertiary/aromatic N) is 1. The Morgan fingerprint density at radius 3 is 2.33 bits per heavy atom. The van der Waals surface area contributed by atoms with Crippen LogP contribution in [-0.2, 0) is 6.42 Å². The highest BCUT2D eigenvalue weighted by Gasteiger charge is 2.23. The molecular formula is C29H34N4O3. The van der Waals surface area contributed by atoms with E-state index in [1.807, 2.05) is 79.7 Å². The quantitative estimate of drug-likeness (QED) is 0.429. The number of piperidine rings is 1. The minimum absolute atomic E-state index is 0.0724. The van der Waals surface area contributed by atoms with Gasteiger partial charge in [0.2, 0.25) is 0 Å². The fraction of sp³-hybridized carbons (Fsp3) is 0.310. The van der Waals surface area contributed by atoms with Gasteiger partial charge in [-0.3, -0.25) is 4.79 Å². The van der Waals surface area contributed by atoms with Gasteiger partial charge in [0.15, 0.2) is 0 Å². The highest BCUT2D eigenvalue weighted by atomic mass is 16.5. The van der Waals surface area contributed by atoms with Gasteiger partial charge in [-0.05, 0) is 68.1 Å². The molecule has 1 saturated heterocycles. The van der Waals surface area contributed by atoms with Crippen molar-refractivity contribution < 1.29 is 14.3 Å². The van der Waals surface area contributed by atoms with Crippen LogP contribution in [0.3, 0.4) is 0 Å². The average molecular weight is 487 g/mol. The second-order valence-corrected chi connectivity index (χ2v) is 9.10. The third-order valence-corrected chi connectivity index (χ3v) is 6.49. The molecule has 1 fully saturated rings. The summed E-state index contributed by atoms with van der Waals surface area (Å²) in [5.41, 5.74) is 4.69. The molecule has 1 aliphatic rings. The van der Waals surface area contributed by atoms with Crippen molar-refractivity contribution in [2.45, 2.75) is 32.2 Å². The summed E-state index contributed by atoms with van der Waals surface area (Å²) in [5, 5.41) is 9.03. The molecule has 1 heterocycles. The molecule has 0 atom stereocenters. The van der Waals surface area contributed by atoms with E-state index in [-0.39, 0.29) is 18.0 Å². The van der Waals surface area contributed by atoms with Crippen molar-refractivity contribution in [3.05, 3.63) is 89.5 Å². The Bertz CT molecular complexity index is 1150. The summed E-state index contributed by atoms with van der Waals surface area (Å²) in [6.07, 6.45) is 2.38. The van der Waals surface area contributed by atoms with Crippen LogP contribution >= 0.6 is 0 Å². The normalized spacial score (nSPS) is 13.7. The summed E-state index contributed by atoms with van der Waals surface area (Å²) in [6, 6.07) is 23.3. The number of carbonyl (C=O) groups is 2. The van der Waals surface area contributed by atoms with Crippen LogP contribution < -0.4 is 25.6 Å². The summed E-state index contributed by atoms with van der Waals surface area (Å²) < 4.78 is 5.20. The summed E-state index contributed by atoms with van der Waals surface area (Å²) >= 11 is 0. The minimum Gasteiger partial charge on any atom is -0.497 e. The Labute approximate surface area is 212 Å². The van der Waals surface area contributed by atoms with E-state index in [1.165, 1.54) is 0 Å². The molecule has 0 saturated carbocycles. The topological polar surface area (TPSA) is 82.7 Å². The number of methoxy groups -OCH3 is 1. The lowest BCUT2D eigenvalue weighted by molar-refractivity contribution is 0.0954. The molecule has 188 valence electrons. The predicted octanol–water partition coefficient (Wildman–Crippen LogP) is 4.77. The monoisotopic (exact) mass is 486 g/mol. The average Bonchev–Trinajstić information content (AvgIpc) is 2.91. The maximum atomic E-state index is 13.0. The number of aryl methyl sites for hydroxylation is 1. The Morgan fingerprint density at radius 2 is 1.64 bits per heavy atom. The molecule has 7 nitrogen and oxygen atoms in total. The first kappa shape index (κ1) is 25.1. The third kappa shape index (κ3) is 6.78. The summed E-state index contributed by atoms with van der Waals surface area (Å²) in [4.78, 5) is 27.6. The van der Waals surface area contributed by atoms with Gasteiger partial charge in [0.1, 0.15) is 5.75 Å². The second kappa shape index (κ2) is 12.1. The van der Waals surface area contributed by atoms with Crippen molar-refractivity contribution in [3.63, 3.8) is 0 Å². The Balaban J connectivity index is 1.27. The number of para-hydroxylation sites is 1. The summed E-state index contributed by atoms with van der Waals surface area (Å²) in [7, 11) is 1.65. The number of hydrogen-bond acceptors (Lipinski definition) is 4. The number of amides is 3. The maximum Gasteiger partial charge on any atom is 0.319 e. The lowest BCUT2D eigenvalue weighted by Gasteiger charge is -2.34. The molecule has 1 aliphatic heterocycles. The molecule has 4 rings (SSSR count). The van der Waals surface area contributed by atoms with Gasteiger partial charge in [-0.2, -0.15) is 0 Å². The van der Waals surface area contributed by atoms with Crippen LogP contribution in [-0.4, -0.2) is 44.7 Å². The Kier molecular flexibility index (Phi) is 8.44. The number of anilines is 2. The number of ether oxygens (including phenoxy) is 1. The maximum absolute atomic E-state index is 13.0. The van der Waals surface area contributed by atoms with Crippen molar-refractivity contribution in [2.75, 3.05) is 37.0 Å². The van der Waals surface area contributed by atoms with Crippen molar-refractivity contribution in [2.24, 2.45) is 0 Å². The molecule has 7 heteroatoms. The number of hydrogen-bond donors (Lipinski definition) is 3. The SMILES string of the molecule is COc1ccc(CCNC(=O)c2ccccc2N2CCC(NC(=O)Nc3ccc(C)cc3)CC2)cc1. The third-order valence-electron chi connectivity index (χ3n) is 6.49. The highest BCUT2D eigenvalue weighted by molar-refractivity contribution is 5.99. The molecule has 3 aromatic carbocycles. The first-order valence-corrected chi connectivity index (χ1v) is 12.4. The zero-order chi connectivity index (χ0) is 25.3. The van der Waals surface area contributed by atoms with Crippen molar-refractivity contribution >= 4 is 23.3 Å².